The number of hydrogen-bond donors (Lipinski definition) is 1. The van der Waals surface area contributed by atoms with Crippen molar-refractivity contribution >= 4 is 22.4 Å². The molecule has 8 heteroatoms. The first-order valence-corrected chi connectivity index (χ1v) is 8.16. The quantitative estimate of drug-likeness (QED) is 0.555. The van der Waals surface area contributed by atoms with Gasteiger partial charge in [0.25, 0.3) is 11.1 Å². The number of pyridine rings is 1. The maximum Gasteiger partial charge on any atom is 0.359 e. The Morgan fingerprint density at radius 1 is 1.15 bits per heavy atom. The van der Waals surface area contributed by atoms with Gasteiger partial charge in [-0.1, -0.05) is 24.3 Å². The molecule has 134 valence electrons. The van der Waals surface area contributed by atoms with E-state index in [9.17, 15) is 14.4 Å². The molecule has 27 heavy (non-hydrogen) atoms. The van der Waals surface area contributed by atoms with Crippen LogP contribution in [-0.2, 0) is 11.3 Å². The standard InChI is InChI=1S/C19H14N4O4/c1-11-6-7-15-20-12(8-16(24)23(15)9-11)10-27-19(26)17-13-4-2-3-5-14(13)18(25)22-21-17/h2-9H,10H2,1H3,(H,22,25). The van der Waals surface area contributed by atoms with E-state index in [1.807, 2.05) is 13.0 Å². The van der Waals surface area contributed by atoms with Crippen LogP contribution in [0.3, 0.4) is 0 Å². The third-order valence-electron chi connectivity index (χ3n) is 4.10. The third-order valence-corrected chi connectivity index (χ3v) is 4.10. The maximum atomic E-state index is 12.4. The smallest absolute Gasteiger partial charge is 0.359 e. The molecule has 0 fully saturated rings. The van der Waals surface area contributed by atoms with Crippen molar-refractivity contribution in [1.82, 2.24) is 19.6 Å². The highest BCUT2D eigenvalue weighted by Gasteiger charge is 2.16. The molecule has 0 aliphatic heterocycles. The first-order chi connectivity index (χ1) is 13.0. The second kappa shape index (κ2) is 6.49. The molecular formula is C19H14N4O4. The van der Waals surface area contributed by atoms with E-state index in [1.54, 1.807) is 36.5 Å². The summed E-state index contributed by atoms with van der Waals surface area (Å²) in [6, 6.07) is 11.5. The molecule has 0 saturated carbocycles. The summed E-state index contributed by atoms with van der Waals surface area (Å²) in [6.45, 7) is 1.69. The number of nitrogens with zero attached hydrogens (tertiary/aromatic N) is 3. The number of rotatable bonds is 3. The van der Waals surface area contributed by atoms with Crippen molar-refractivity contribution < 1.29 is 9.53 Å². The van der Waals surface area contributed by atoms with Crippen LogP contribution in [0.2, 0.25) is 0 Å². The zero-order valence-corrected chi connectivity index (χ0v) is 14.3. The molecule has 0 bridgehead atoms. The van der Waals surface area contributed by atoms with Gasteiger partial charge in [-0.15, -0.1) is 0 Å². The molecule has 0 aliphatic carbocycles. The van der Waals surface area contributed by atoms with Gasteiger partial charge in [-0.05, 0) is 24.6 Å². The van der Waals surface area contributed by atoms with Gasteiger partial charge >= 0.3 is 5.97 Å². The average Bonchev–Trinajstić information content (AvgIpc) is 2.67. The first-order valence-electron chi connectivity index (χ1n) is 8.16. The van der Waals surface area contributed by atoms with Crippen LogP contribution in [0.1, 0.15) is 21.7 Å². The van der Waals surface area contributed by atoms with Crippen LogP contribution in [0.5, 0.6) is 0 Å². The Kier molecular flexibility index (Phi) is 4.00. The summed E-state index contributed by atoms with van der Waals surface area (Å²) in [5.74, 6) is -0.714. The minimum atomic E-state index is -0.714. The number of benzene rings is 1. The molecule has 3 aromatic heterocycles. The SMILES string of the molecule is Cc1ccc2nc(COC(=O)c3n[nH]c(=O)c4ccccc34)cc(=O)n2c1. The summed E-state index contributed by atoms with van der Waals surface area (Å²) in [4.78, 5) is 40.8. The van der Waals surface area contributed by atoms with Crippen LogP contribution in [0.25, 0.3) is 16.4 Å². The molecule has 0 saturated heterocycles. The minimum Gasteiger partial charge on any atom is -0.454 e. The second-order valence-electron chi connectivity index (χ2n) is 6.04. The largest absolute Gasteiger partial charge is 0.454 e. The number of aromatic amines is 1. The number of carbonyl (C=O) groups is 1. The van der Waals surface area contributed by atoms with Crippen molar-refractivity contribution in [3.05, 3.63) is 86.3 Å². The molecule has 0 spiro atoms. The Morgan fingerprint density at radius 3 is 2.74 bits per heavy atom. The van der Waals surface area contributed by atoms with E-state index in [0.717, 1.165) is 5.56 Å². The van der Waals surface area contributed by atoms with Crippen molar-refractivity contribution in [2.24, 2.45) is 0 Å². The molecule has 0 unspecified atom stereocenters. The van der Waals surface area contributed by atoms with Gasteiger partial charge in [0.2, 0.25) is 0 Å². The van der Waals surface area contributed by atoms with Gasteiger partial charge in [0.1, 0.15) is 12.3 Å². The van der Waals surface area contributed by atoms with Gasteiger partial charge < -0.3 is 4.74 Å². The van der Waals surface area contributed by atoms with Gasteiger partial charge in [0, 0.05) is 17.6 Å². The number of hydrogen-bond acceptors (Lipinski definition) is 6. The molecule has 1 aromatic carbocycles. The number of fused-ring (bicyclic) bond motifs is 2. The zero-order valence-electron chi connectivity index (χ0n) is 14.3. The lowest BCUT2D eigenvalue weighted by atomic mass is 10.1. The third kappa shape index (κ3) is 3.08. The van der Waals surface area contributed by atoms with Crippen LogP contribution in [0.4, 0.5) is 0 Å². The van der Waals surface area contributed by atoms with Gasteiger partial charge in [0.15, 0.2) is 5.69 Å². The summed E-state index contributed by atoms with van der Waals surface area (Å²) in [7, 11) is 0. The summed E-state index contributed by atoms with van der Waals surface area (Å²) in [5.41, 5.74) is 1.07. The van der Waals surface area contributed by atoms with Crippen molar-refractivity contribution in [3.8, 4) is 0 Å². The van der Waals surface area contributed by atoms with Crippen LogP contribution in [0.15, 0.2) is 58.3 Å². The number of aryl methyl sites for hydroxylation is 1. The molecule has 0 aliphatic rings. The van der Waals surface area contributed by atoms with Crippen LogP contribution in [-0.4, -0.2) is 25.6 Å². The molecule has 1 N–H and O–H groups in total. The highest BCUT2D eigenvalue weighted by atomic mass is 16.5. The number of carbonyl (C=O) groups excluding carboxylic acids is 1. The fourth-order valence-electron chi connectivity index (χ4n) is 2.81. The molecule has 0 amide bonds. The van der Waals surface area contributed by atoms with E-state index in [2.05, 4.69) is 15.2 Å². The Balaban J connectivity index is 1.63. The zero-order chi connectivity index (χ0) is 19.0. The molecule has 0 atom stereocenters. The Hall–Kier alpha value is -3.81. The summed E-state index contributed by atoms with van der Waals surface area (Å²) in [6.07, 6.45) is 1.69. The summed E-state index contributed by atoms with van der Waals surface area (Å²) < 4.78 is 6.68. The van der Waals surface area contributed by atoms with Crippen molar-refractivity contribution in [3.63, 3.8) is 0 Å². The Morgan fingerprint density at radius 2 is 1.93 bits per heavy atom. The minimum absolute atomic E-state index is 0.00154. The fourth-order valence-corrected chi connectivity index (χ4v) is 2.81. The normalized spacial score (nSPS) is 11.0. The summed E-state index contributed by atoms with van der Waals surface area (Å²) in [5, 5.41) is 6.82. The molecule has 4 aromatic rings. The monoisotopic (exact) mass is 362 g/mol. The number of esters is 1. The van der Waals surface area contributed by atoms with E-state index >= 15 is 0 Å². The van der Waals surface area contributed by atoms with Crippen LogP contribution < -0.4 is 11.1 Å². The van der Waals surface area contributed by atoms with Gasteiger partial charge in [0.05, 0.1) is 11.1 Å². The summed E-state index contributed by atoms with van der Waals surface area (Å²) >= 11 is 0. The van der Waals surface area contributed by atoms with Crippen LogP contribution in [0, 0.1) is 6.92 Å². The van der Waals surface area contributed by atoms with Gasteiger partial charge in [-0.3, -0.25) is 14.0 Å². The van der Waals surface area contributed by atoms with E-state index in [0.29, 0.717) is 22.1 Å². The number of aromatic nitrogens is 4. The second-order valence-corrected chi connectivity index (χ2v) is 6.04. The molecule has 8 nitrogen and oxygen atoms in total. The van der Waals surface area contributed by atoms with Crippen molar-refractivity contribution in [2.75, 3.05) is 0 Å². The number of H-pyrrole nitrogens is 1. The predicted molar refractivity (Wildman–Crippen MR) is 97.7 cm³/mol. The van der Waals surface area contributed by atoms with Gasteiger partial charge in [-0.25, -0.2) is 14.9 Å². The topological polar surface area (TPSA) is 106 Å². The first kappa shape index (κ1) is 16.6. The molecule has 0 radical (unpaired) electrons. The van der Waals surface area contributed by atoms with E-state index < -0.39 is 5.97 Å². The maximum absolute atomic E-state index is 12.4. The predicted octanol–water partition coefficient (Wildman–Crippen LogP) is 1.60. The van der Waals surface area contributed by atoms with Crippen LogP contribution >= 0.6 is 0 Å². The lowest BCUT2D eigenvalue weighted by Crippen LogP contribution is -2.18. The molecular weight excluding hydrogens is 348 g/mol. The van der Waals surface area contributed by atoms with E-state index in [4.69, 9.17) is 4.74 Å². The Bertz CT molecular complexity index is 1310. The number of ether oxygens (including phenoxy) is 1. The highest BCUT2D eigenvalue weighted by Crippen LogP contribution is 2.14. The highest BCUT2D eigenvalue weighted by molar-refractivity contribution is 6.01. The van der Waals surface area contributed by atoms with E-state index in [-0.39, 0.29) is 23.4 Å². The number of nitrogens with one attached hydrogen (secondary N) is 1. The Labute approximate surface area is 152 Å². The lowest BCUT2D eigenvalue weighted by Gasteiger charge is -2.07. The lowest BCUT2D eigenvalue weighted by molar-refractivity contribution is 0.0462. The van der Waals surface area contributed by atoms with Gasteiger partial charge in [-0.2, -0.15) is 5.10 Å². The molecule has 4 rings (SSSR count). The van der Waals surface area contributed by atoms with E-state index in [1.165, 1.54) is 10.5 Å². The average molecular weight is 362 g/mol. The van der Waals surface area contributed by atoms with Crippen molar-refractivity contribution in [1.29, 1.82) is 0 Å². The van der Waals surface area contributed by atoms with Crippen molar-refractivity contribution in [2.45, 2.75) is 13.5 Å². The molecule has 3 heterocycles. The fraction of sp³-hybridized carbons (Fsp3) is 0.105.